The minimum absolute atomic E-state index is 0.155. The van der Waals surface area contributed by atoms with Crippen LogP contribution in [0.2, 0.25) is 0 Å². The van der Waals surface area contributed by atoms with Gasteiger partial charge in [0.1, 0.15) is 11.4 Å². The van der Waals surface area contributed by atoms with E-state index in [9.17, 15) is 26.7 Å². The highest BCUT2D eigenvalue weighted by molar-refractivity contribution is 5.79. The van der Waals surface area contributed by atoms with Crippen LogP contribution in [0.1, 0.15) is 28.2 Å². The smallest absolute Gasteiger partial charge is 0.433 e. The molecule has 0 saturated carbocycles. The fourth-order valence-electron chi connectivity index (χ4n) is 0.966. The number of hydrogen-bond donors (Lipinski definition) is 1. The quantitative estimate of drug-likeness (QED) is 0.639. The van der Waals surface area contributed by atoms with Crippen molar-refractivity contribution in [2.75, 3.05) is 0 Å². The van der Waals surface area contributed by atoms with E-state index in [1.165, 1.54) is 0 Å². The van der Waals surface area contributed by atoms with Crippen LogP contribution in [0.15, 0.2) is 6.07 Å². The Morgan fingerprint density at radius 1 is 1.38 bits per heavy atom. The summed E-state index contributed by atoms with van der Waals surface area (Å²) in [6.45, 7) is 0. The minimum atomic E-state index is -4.96. The van der Waals surface area contributed by atoms with Gasteiger partial charge in [-0.15, -0.1) is 0 Å². The van der Waals surface area contributed by atoms with E-state index in [1.54, 1.807) is 0 Å². The van der Waals surface area contributed by atoms with E-state index >= 15 is 0 Å². The monoisotopic (exact) mass is 241 g/mol. The summed E-state index contributed by atoms with van der Waals surface area (Å²) in [6, 6.07) is 0.203. The van der Waals surface area contributed by atoms with Crippen LogP contribution in [0.3, 0.4) is 0 Å². The molecule has 1 heterocycles. The predicted octanol–water partition coefficient (Wildman–Crippen LogP) is 2.56. The second-order valence-corrected chi connectivity index (χ2v) is 2.75. The molecule has 0 amide bonds. The molecule has 0 aliphatic heterocycles. The minimum Gasteiger partial charge on any atom is -0.505 e. The van der Waals surface area contributed by atoms with Gasteiger partial charge in [0, 0.05) is 0 Å². The summed E-state index contributed by atoms with van der Waals surface area (Å²) < 4.78 is 60.9. The molecule has 8 heteroatoms. The molecule has 1 aromatic heterocycles. The Hall–Kier alpha value is -1.73. The van der Waals surface area contributed by atoms with Crippen molar-refractivity contribution in [2.45, 2.75) is 12.6 Å². The number of alkyl halides is 5. The van der Waals surface area contributed by atoms with Gasteiger partial charge in [-0.2, -0.15) is 13.2 Å². The third kappa shape index (κ3) is 2.26. The molecule has 0 radical (unpaired) electrons. The summed E-state index contributed by atoms with van der Waals surface area (Å²) in [6.07, 6.45) is -8.52. The maximum atomic E-state index is 12.2. The molecule has 0 spiro atoms. The highest BCUT2D eigenvalue weighted by Crippen LogP contribution is 2.35. The number of carbonyl (C=O) groups excluding carboxylic acids is 1. The molecule has 1 rings (SSSR count). The van der Waals surface area contributed by atoms with Gasteiger partial charge in [0.2, 0.25) is 0 Å². The Morgan fingerprint density at radius 3 is 2.31 bits per heavy atom. The van der Waals surface area contributed by atoms with E-state index in [-0.39, 0.29) is 12.4 Å². The van der Waals surface area contributed by atoms with Gasteiger partial charge in [-0.05, 0) is 6.07 Å². The first-order valence-electron chi connectivity index (χ1n) is 3.81. The molecule has 0 aliphatic rings. The van der Waals surface area contributed by atoms with Crippen LogP contribution in [-0.2, 0) is 6.18 Å². The van der Waals surface area contributed by atoms with Crippen LogP contribution in [0.4, 0.5) is 22.0 Å². The van der Waals surface area contributed by atoms with Crippen LogP contribution >= 0.6 is 0 Å². The first kappa shape index (κ1) is 12.3. The van der Waals surface area contributed by atoms with Crippen LogP contribution < -0.4 is 0 Å². The average Bonchev–Trinajstić information content (AvgIpc) is 2.15. The molecule has 0 aromatic carbocycles. The van der Waals surface area contributed by atoms with Crippen LogP contribution in [0.25, 0.3) is 0 Å². The van der Waals surface area contributed by atoms with E-state index in [0.717, 1.165) is 0 Å². The Kier molecular flexibility index (Phi) is 3.11. The number of aromatic nitrogens is 1. The van der Waals surface area contributed by atoms with Crippen LogP contribution in [0, 0.1) is 0 Å². The molecule has 0 saturated heterocycles. The van der Waals surface area contributed by atoms with Gasteiger partial charge in [-0.1, -0.05) is 0 Å². The lowest BCUT2D eigenvalue weighted by Gasteiger charge is -2.10. The van der Waals surface area contributed by atoms with Crippen molar-refractivity contribution in [1.29, 1.82) is 0 Å². The Balaban J connectivity index is 3.46. The maximum Gasteiger partial charge on any atom is 0.433 e. The van der Waals surface area contributed by atoms with Crippen molar-refractivity contribution in [1.82, 2.24) is 4.98 Å². The van der Waals surface area contributed by atoms with Gasteiger partial charge in [-0.25, -0.2) is 13.8 Å². The highest BCUT2D eigenvalue weighted by atomic mass is 19.4. The van der Waals surface area contributed by atoms with Crippen molar-refractivity contribution in [2.24, 2.45) is 0 Å². The van der Waals surface area contributed by atoms with E-state index in [1.807, 2.05) is 0 Å². The third-order valence-corrected chi connectivity index (χ3v) is 1.67. The summed E-state index contributed by atoms with van der Waals surface area (Å²) in [5.41, 5.74) is -3.99. The van der Waals surface area contributed by atoms with E-state index in [2.05, 4.69) is 4.98 Å². The molecule has 0 bridgehead atoms. The Morgan fingerprint density at radius 2 is 1.94 bits per heavy atom. The van der Waals surface area contributed by atoms with Gasteiger partial charge in [0.25, 0.3) is 6.43 Å². The first-order chi connectivity index (χ1) is 7.27. The topological polar surface area (TPSA) is 50.2 Å². The lowest BCUT2D eigenvalue weighted by Crippen LogP contribution is -2.11. The number of aldehydes is 1. The number of nitrogens with zero attached hydrogens (tertiary/aromatic N) is 1. The summed E-state index contributed by atoms with van der Waals surface area (Å²) >= 11 is 0. The second kappa shape index (κ2) is 4.03. The lowest BCUT2D eigenvalue weighted by molar-refractivity contribution is -0.141. The molecular formula is C8H4F5NO2. The number of hydrogen-bond acceptors (Lipinski definition) is 3. The van der Waals surface area contributed by atoms with Crippen LogP contribution in [0.5, 0.6) is 5.75 Å². The summed E-state index contributed by atoms with van der Waals surface area (Å²) in [7, 11) is 0. The zero-order valence-corrected chi connectivity index (χ0v) is 7.42. The van der Waals surface area contributed by atoms with Gasteiger partial charge in [-0.3, -0.25) is 4.79 Å². The van der Waals surface area contributed by atoms with Gasteiger partial charge < -0.3 is 5.11 Å². The highest BCUT2D eigenvalue weighted by Gasteiger charge is 2.35. The fourth-order valence-corrected chi connectivity index (χ4v) is 0.966. The number of rotatable bonds is 2. The molecule has 88 valence electrons. The van der Waals surface area contributed by atoms with Crippen molar-refractivity contribution in [3.05, 3.63) is 23.0 Å². The summed E-state index contributed by atoms with van der Waals surface area (Å²) in [5.74, 6) is -1.24. The SMILES string of the molecule is O=Cc1cc(C(F)(F)F)nc(C(F)F)c1O. The van der Waals surface area contributed by atoms with E-state index in [0.29, 0.717) is 0 Å². The van der Waals surface area contributed by atoms with Gasteiger partial charge >= 0.3 is 6.18 Å². The molecule has 0 aliphatic carbocycles. The second-order valence-electron chi connectivity index (χ2n) is 2.75. The zero-order chi connectivity index (χ0) is 12.5. The van der Waals surface area contributed by atoms with Gasteiger partial charge in [0.05, 0.1) is 5.56 Å². The van der Waals surface area contributed by atoms with Crippen LogP contribution in [-0.4, -0.2) is 16.4 Å². The predicted molar refractivity (Wildman–Crippen MR) is 41.2 cm³/mol. The number of aromatic hydroxyl groups is 1. The molecule has 3 nitrogen and oxygen atoms in total. The van der Waals surface area contributed by atoms with Crippen molar-refractivity contribution >= 4 is 6.29 Å². The largest absolute Gasteiger partial charge is 0.505 e. The van der Waals surface area contributed by atoms with E-state index < -0.39 is 35.3 Å². The Bertz CT molecular complexity index is 416. The maximum absolute atomic E-state index is 12.2. The number of pyridine rings is 1. The first-order valence-corrected chi connectivity index (χ1v) is 3.81. The standard InChI is InChI=1S/C8H4F5NO2/c9-7(10)5-6(16)3(2-15)1-4(14-5)8(11,12)13/h1-2,7,16H. The van der Waals surface area contributed by atoms with Crippen molar-refractivity contribution in [3.8, 4) is 5.75 Å². The summed E-state index contributed by atoms with van der Waals surface area (Å²) in [4.78, 5) is 12.8. The molecular weight excluding hydrogens is 237 g/mol. The molecule has 16 heavy (non-hydrogen) atoms. The third-order valence-electron chi connectivity index (χ3n) is 1.67. The van der Waals surface area contributed by atoms with Crippen molar-refractivity contribution in [3.63, 3.8) is 0 Å². The fraction of sp³-hybridized carbons (Fsp3) is 0.250. The number of carbonyl (C=O) groups is 1. The normalized spacial score (nSPS) is 11.9. The lowest BCUT2D eigenvalue weighted by atomic mass is 10.1. The molecule has 1 aromatic rings. The van der Waals surface area contributed by atoms with Crippen molar-refractivity contribution < 1.29 is 31.9 Å². The summed E-state index contributed by atoms with van der Waals surface area (Å²) in [5, 5.41) is 9.01. The zero-order valence-electron chi connectivity index (χ0n) is 7.42. The Labute approximate surface area is 85.5 Å². The van der Waals surface area contributed by atoms with E-state index in [4.69, 9.17) is 5.11 Å². The van der Waals surface area contributed by atoms with Gasteiger partial charge in [0.15, 0.2) is 12.0 Å². The molecule has 0 atom stereocenters. The average molecular weight is 241 g/mol. The molecule has 1 N–H and O–H groups in total. The molecule has 0 fully saturated rings. The number of halogens is 5. The molecule has 0 unspecified atom stereocenters.